The Kier molecular flexibility index (Phi) is 2.64. The molecule has 3 rings (SSSR count). The van der Waals surface area contributed by atoms with E-state index >= 15 is 0 Å². The quantitative estimate of drug-likeness (QED) is 0.572. The van der Waals surface area contributed by atoms with Crippen LogP contribution in [-0.4, -0.2) is 14.3 Å². The fourth-order valence-corrected chi connectivity index (χ4v) is 2.31. The van der Waals surface area contributed by atoms with E-state index < -0.39 is 4.92 Å². The summed E-state index contributed by atoms with van der Waals surface area (Å²) in [5.41, 5.74) is 8.59. The molecular weight excluding hydrogens is 256 g/mol. The molecule has 0 bridgehead atoms. The fourth-order valence-electron chi connectivity index (χ4n) is 2.31. The van der Waals surface area contributed by atoms with Gasteiger partial charge in [-0.05, 0) is 25.1 Å². The van der Waals surface area contributed by atoms with Gasteiger partial charge < -0.3 is 5.73 Å². The molecule has 0 amide bonds. The third-order valence-electron chi connectivity index (χ3n) is 3.23. The zero-order chi connectivity index (χ0) is 14.3. The number of nitrogens with two attached hydrogens (primary N) is 1. The minimum absolute atomic E-state index is 0.000240. The Hall–Kier alpha value is -2.89. The summed E-state index contributed by atoms with van der Waals surface area (Å²) >= 11 is 0. The lowest BCUT2D eigenvalue weighted by Gasteiger charge is -2.02. The average molecular weight is 268 g/mol. The average Bonchev–Trinajstić information content (AvgIpc) is 2.77. The fraction of sp³-hybridized carbons (Fsp3) is 0.0714. The number of para-hydroxylation sites is 1. The van der Waals surface area contributed by atoms with Gasteiger partial charge in [-0.15, -0.1) is 0 Å². The second-order valence-corrected chi connectivity index (χ2v) is 4.48. The van der Waals surface area contributed by atoms with Gasteiger partial charge in [0.2, 0.25) is 0 Å². The van der Waals surface area contributed by atoms with E-state index in [4.69, 9.17) is 5.73 Å². The monoisotopic (exact) mass is 268 g/mol. The summed E-state index contributed by atoms with van der Waals surface area (Å²) in [7, 11) is 0. The first-order valence-electron chi connectivity index (χ1n) is 6.07. The highest BCUT2D eigenvalue weighted by Crippen LogP contribution is 2.33. The summed E-state index contributed by atoms with van der Waals surface area (Å²) < 4.78 is 1.78. The Balaban J connectivity index is 2.34. The summed E-state index contributed by atoms with van der Waals surface area (Å²) in [4.78, 5) is 15.1. The van der Waals surface area contributed by atoms with Crippen molar-refractivity contribution in [2.75, 3.05) is 5.73 Å². The van der Waals surface area contributed by atoms with E-state index in [1.165, 1.54) is 6.07 Å². The minimum atomic E-state index is -0.425. The Labute approximate surface area is 114 Å². The highest BCUT2D eigenvalue weighted by atomic mass is 16.6. The summed E-state index contributed by atoms with van der Waals surface area (Å²) in [6.07, 6.45) is 0. The van der Waals surface area contributed by atoms with Crippen molar-refractivity contribution < 1.29 is 4.92 Å². The lowest BCUT2D eigenvalue weighted by atomic mass is 10.1. The molecule has 1 aromatic carbocycles. The lowest BCUT2D eigenvalue weighted by Crippen LogP contribution is -1.98. The highest BCUT2D eigenvalue weighted by molar-refractivity contribution is 5.81. The van der Waals surface area contributed by atoms with Crippen LogP contribution in [-0.2, 0) is 0 Å². The SMILES string of the molecule is Cc1cccc2nc(-c3ccccc3[N+](=O)[O-])c(N)n12. The van der Waals surface area contributed by atoms with Crippen LogP contribution in [0, 0.1) is 17.0 Å². The number of hydrogen-bond acceptors (Lipinski definition) is 4. The normalized spacial score (nSPS) is 10.8. The van der Waals surface area contributed by atoms with E-state index in [0.717, 1.165) is 5.69 Å². The molecular formula is C14H12N4O2. The molecule has 2 aromatic heterocycles. The van der Waals surface area contributed by atoms with E-state index in [0.29, 0.717) is 22.7 Å². The van der Waals surface area contributed by atoms with Gasteiger partial charge in [-0.25, -0.2) is 4.98 Å². The van der Waals surface area contributed by atoms with Gasteiger partial charge in [0.25, 0.3) is 5.69 Å². The molecule has 0 saturated carbocycles. The van der Waals surface area contributed by atoms with E-state index in [9.17, 15) is 10.1 Å². The summed E-state index contributed by atoms with van der Waals surface area (Å²) in [5.74, 6) is 0.410. The lowest BCUT2D eigenvalue weighted by molar-refractivity contribution is -0.384. The van der Waals surface area contributed by atoms with Crippen molar-refractivity contribution in [3.8, 4) is 11.3 Å². The first kappa shape index (κ1) is 12.2. The van der Waals surface area contributed by atoms with E-state index in [1.807, 2.05) is 25.1 Å². The second kappa shape index (κ2) is 4.34. The van der Waals surface area contributed by atoms with Gasteiger partial charge in [-0.2, -0.15) is 0 Å². The second-order valence-electron chi connectivity index (χ2n) is 4.48. The molecule has 0 fully saturated rings. The van der Waals surface area contributed by atoms with Crippen molar-refractivity contribution in [1.29, 1.82) is 0 Å². The first-order chi connectivity index (χ1) is 9.59. The van der Waals surface area contributed by atoms with Crippen molar-refractivity contribution >= 4 is 17.2 Å². The standard InChI is InChI=1S/C14H12N4O2/c1-9-5-4-8-12-16-13(14(15)17(9)12)10-6-2-3-7-11(10)18(19)20/h2-8H,15H2,1H3. The van der Waals surface area contributed by atoms with Crippen LogP contribution in [0.3, 0.4) is 0 Å². The van der Waals surface area contributed by atoms with Crippen molar-refractivity contribution in [2.45, 2.75) is 6.92 Å². The zero-order valence-corrected chi connectivity index (χ0v) is 10.8. The number of anilines is 1. The largest absolute Gasteiger partial charge is 0.383 e. The van der Waals surface area contributed by atoms with Crippen molar-refractivity contribution in [3.63, 3.8) is 0 Å². The van der Waals surface area contributed by atoms with E-state index in [-0.39, 0.29) is 5.69 Å². The molecule has 0 atom stereocenters. The van der Waals surface area contributed by atoms with Crippen LogP contribution in [0.25, 0.3) is 16.9 Å². The molecule has 0 radical (unpaired) electrons. The number of hydrogen-bond donors (Lipinski definition) is 1. The van der Waals surface area contributed by atoms with Gasteiger partial charge in [0, 0.05) is 11.8 Å². The maximum atomic E-state index is 11.1. The number of nitro benzene ring substituents is 1. The van der Waals surface area contributed by atoms with Crippen LogP contribution in [0.2, 0.25) is 0 Å². The van der Waals surface area contributed by atoms with Crippen molar-refractivity contribution in [1.82, 2.24) is 9.38 Å². The molecule has 6 heteroatoms. The molecule has 100 valence electrons. The van der Waals surface area contributed by atoms with Gasteiger partial charge in [0.1, 0.15) is 17.2 Å². The number of nitrogen functional groups attached to an aromatic ring is 1. The van der Waals surface area contributed by atoms with Gasteiger partial charge in [-0.1, -0.05) is 18.2 Å². The van der Waals surface area contributed by atoms with E-state index in [1.54, 1.807) is 22.6 Å². The number of nitro groups is 1. The van der Waals surface area contributed by atoms with Crippen molar-refractivity contribution in [2.24, 2.45) is 0 Å². The minimum Gasteiger partial charge on any atom is -0.383 e. The predicted molar refractivity (Wildman–Crippen MR) is 76.4 cm³/mol. The number of aryl methyl sites for hydroxylation is 1. The summed E-state index contributed by atoms with van der Waals surface area (Å²) in [6, 6.07) is 12.1. The molecule has 0 unspecified atom stereocenters. The molecule has 0 aliphatic heterocycles. The Morgan fingerprint density at radius 2 is 1.95 bits per heavy atom. The van der Waals surface area contributed by atoms with Crippen LogP contribution >= 0.6 is 0 Å². The highest BCUT2D eigenvalue weighted by Gasteiger charge is 2.20. The van der Waals surface area contributed by atoms with Crippen LogP contribution in [0.15, 0.2) is 42.5 Å². The number of aromatic nitrogens is 2. The van der Waals surface area contributed by atoms with Crippen LogP contribution in [0.4, 0.5) is 11.5 Å². The topological polar surface area (TPSA) is 86.5 Å². The Morgan fingerprint density at radius 3 is 2.65 bits per heavy atom. The molecule has 20 heavy (non-hydrogen) atoms. The summed E-state index contributed by atoms with van der Waals surface area (Å²) in [6.45, 7) is 1.91. The van der Waals surface area contributed by atoms with Gasteiger partial charge in [0.15, 0.2) is 0 Å². The van der Waals surface area contributed by atoms with Gasteiger partial charge >= 0.3 is 0 Å². The smallest absolute Gasteiger partial charge is 0.278 e. The summed E-state index contributed by atoms with van der Waals surface area (Å²) in [5, 5.41) is 11.1. The van der Waals surface area contributed by atoms with Gasteiger partial charge in [0.05, 0.1) is 10.5 Å². The number of pyridine rings is 1. The molecule has 3 aromatic rings. The van der Waals surface area contributed by atoms with Crippen LogP contribution in [0.5, 0.6) is 0 Å². The Bertz CT molecular complexity index is 823. The number of benzene rings is 1. The number of rotatable bonds is 2. The number of fused-ring (bicyclic) bond motifs is 1. The third-order valence-corrected chi connectivity index (χ3v) is 3.23. The molecule has 0 aliphatic rings. The van der Waals surface area contributed by atoms with Crippen molar-refractivity contribution in [3.05, 3.63) is 58.3 Å². The predicted octanol–water partition coefficient (Wildman–Crippen LogP) is 2.80. The number of nitrogens with zero attached hydrogens (tertiary/aromatic N) is 3. The van der Waals surface area contributed by atoms with Crippen LogP contribution < -0.4 is 5.73 Å². The van der Waals surface area contributed by atoms with Gasteiger partial charge in [-0.3, -0.25) is 14.5 Å². The molecule has 2 N–H and O–H groups in total. The molecule has 0 saturated heterocycles. The molecule has 0 aliphatic carbocycles. The molecule has 0 spiro atoms. The maximum absolute atomic E-state index is 11.1. The van der Waals surface area contributed by atoms with E-state index in [2.05, 4.69) is 4.98 Å². The maximum Gasteiger partial charge on any atom is 0.278 e. The molecule has 2 heterocycles. The number of imidazole rings is 1. The zero-order valence-electron chi connectivity index (χ0n) is 10.8. The van der Waals surface area contributed by atoms with Crippen LogP contribution in [0.1, 0.15) is 5.69 Å². The first-order valence-corrected chi connectivity index (χ1v) is 6.07. The third kappa shape index (κ3) is 1.70. The molecule has 6 nitrogen and oxygen atoms in total. The Morgan fingerprint density at radius 1 is 1.20 bits per heavy atom.